The number of amides is 1. The van der Waals surface area contributed by atoms with Crippen LogP contribution in [0, 0.1) is 11.3 Å². The van der Waals surface area contributed by atoms with E-state index in [4.69, 9.17) is 23.1 Å². The lowest BCUT2D eigenvalue weighted by atomic mass is 9.96. The fourth-order valence-electron chi connectivity index (χ4n) is 3.89. The van der Waals surface area contributed by atoms with Crippen LogP contribution in [0.15, 0.2) is 53.9 Å². The normalized spacial score (nSPS) is 10.9. The van der Waals surface area contributed by atoms with E-state index in [1.54, 1.807) is 12.1 Å². The van der Waals surface area contributed by atoms with Crippen LogP contribution in [0.2, 0.25) is 5.02 Å². The number of carbonyl (C=O) groups excluding carboxylic acids is 1. The number of aryl methyl sites for hydroxylation is 1. The van der Waals surface area contributed by atoms with Crippen molar-refractivity contribution < 1.29 is 4.79 Å². The lowest BCUT2D eigenvalue weighted by molar-refractivity contribution is 0.103. The monoisotopic (exact) mass is 530 g/mol. The minimum atomic E-state index is -0.406. The Morgan fingerprint density at radius 3 is 2.44 bits per heavy atom. The van der Waals surface area contributed by atoms with Crippen molar-refractivity contribution in [1.82, 2.24) is 9.97 Å². The highest BCUT2D eigenvalue weighted by Crippen LogP contribution is 2.43. The molecule has 0 aliphatic rings. The summed E-state index contributed by atoms with van der Waals surface area (Å²) < 4.78 is 0. The number of nitrogen functional groups attached to an aromatic ring is 2. The number of carbonyl (C=O) groups is 1. The van der Waals surface area contributed by atoms with Gasteiger partial charge in [-0.2, -0.15) is 5.26 Å². The number of aromatic nitrogens is 2. The fourth-order valence-corrected chi connectivity index (χ4v) is 5.73. The second-order valence-corrected chi connectivity index (χ2v) is 10.2. The van der Waals surface area contributed by atoms with Crippen LogP contribution < -0.4 is 16.8 Å². The number of nitrogens with zero attached hydrogens (tertiary/aromatic N) is 3. The predicted molar refractivity (Wildman–Crippen MR) is 148 cm³/mol. The van der Waals surface area contributed by atoms with E-state index in [-0.39, 0.29) is 21.9 Å². The van der Waals surface area contributed by atoms with Gasteiger partial charge in [-0.15, -0.1) is 22.7 Å². The minimum Gasteiger partial charge on any atom is -0.397 e. The Kier molecular flexibility index (Phi) is 6.33. The van der Waals surface area contributed by atoms with Crippen molar-refractivity contribution in [2.75, 3.05) is 16.8 Å². The molecule has 0 aliphatic heterocycles. The van der Waals surface area contributed by atoms with Gasteiger partial charge in [0, 0.05) is 26.9 Å². The van der Waals surface area contributed by atoms with E-state index in [2.05, 4.69) is 28.3 Å². The summed E-state index contributed by atoms with van der Waals surface area (Å²) in [5.41, 5.74) is 17.3. The number of hydrogen-bond acceptors (Lipinski definition) is 8. The molecule has 0 atom stereocenters. The number of nitrogens with two attached hydrogens (primary N) is 2. The number of thiazole rings is 1. The van der Waals surface area contributed by atoms with Crippen molar-refractivity contribution >= 4 is 67.0 Å². The van der Waals surface area contributed by atoms with E-state index < -0.39 is 5.91 Å². The number of fused-ring (bicyclic) bond motifs is 1. The lowest BCUT2D eigenvalue weighted by Crippen LogP contribution is -2.11. The van der Waals surface area contributed by atoms with Crippen molar-refractivity contribution in [3.8, 4) is 28.5 Å². The third-order valence-electron chi connectivity index (χ3n) is 5.74. The largest absolute Gasteiger partial charge is 0.397 e. The first kappa shape index (κ1) is 23.8. The number of halogens is 1. The van der Waals surface area contributed by atoms with Crippen molar-refractivity contribution in [3.05, 3.63) is 74.9 Å². The van der Waals surface area contributed by atoms with Crippen molar-refractivity contribution in [1.29, 1.82) is 5.26 Å². The molecule has 0 aliphatic carbocycles. The molecule has 3 aromatic heterocycles. The van der Waals surface area contributed by atoms with Crippen LogP contribution in [0.5, 0.6) is 0 Å². The molecule has 2 aromatic carbocycles. The molecule has 0 radical (unpaired) electrons. The maximum absolute atomic E-state index is 13.2. The maximum Gasteiger partial charge on any atom is 0.269 e. The minimum absolute atomic E-state index is 0.0975. The van der Waals surface area contributed by atoms with Crippen molar-refractivity contribution in [2.24, 2.45) is 0 Å². The third kappa shape index (κ3) is 4.27. The Morgan fingerprint density at radius 1 is 1.08 bits per heavy atom. The van der Waals surface area contributed by atoms with Gasteiger partial charge in [0.15, 0.2) is 5.13 Å². The zero-order chi connectivity index (χ0) is 25.4. The Hall–Kier alpha value is -3.97. The summed E-state index contributed by atoms with van der Waals surface area (Å²) >= 11 is 8.40. The number of anilines is 3. The van der Waals surface area contributed by atoms with Gasteiger partial charge in [-0.1, -0.05) is 54.9 Å². The van der Waals surface area contributed by atoms with E-state index in [1.165, 1.54) is 11.3 Å². The summed E-state index contributed by atoms with van der Waals surface area (Å²) in [6.07, 6.45) is 0.890. The van der Waals surface area contributed by atoms with Gasteiger partial charge in [0.2, 0.25) is 0 Å². The first-order chi connectivity index (χ1) is 17.4. The molecule has 5 N–H and O–H groups in total. The molecule has 0 bridgehead atoms. The average Bonchev–Trinajstić information content (AvgIpc) is 3.48. The van der Waals surface area contributed by atoms with Crippen LogP contribution in [0.4, 0.5) is 16.6 Å². The number of thiophene rings is 1. The Morgan fingerprint density at radius 2 is 1.78 bits per heavy atom. The highest BCUT2D eigenvalue weighted by atomic mass is 35.5. The van der Waals surface area contributed by atoms with E-state index >= 15 is 0 Å². The zero-order valence-electron chi connectivity index (χ0n) is 19.0. The van der Waals surface area contributed by atoms with Gasteiger partial charge in [-0.05, 0) is 29.7 Å². The van der Waals surface area contributed by atoms with Gasteiger partial charge < -0.3 is 11.5 Å². The van der Waals surface area contributed by atoms with Crippen LogP contribution in [-0.2, 0) is 6.42 Å². The number of pyridine rings is 1. The lowest BCUT2D eigenvalue weighted by Gasteiger charge is -2.10. The van der Waals surface area contributed by atoms with Gasteiger partial charge in [-0.3, -0.25) is 10.1 Å². The molecule has 0 fully saturated rings. The average molecular weight is 531 g/mol. The molecular weight excluding hydrogens is 512 g/mol. The van der Waals surface area contributed by atoms with Crippen LogP contribution in [0.25, 0.3) is 32.6 Å². The number of benzene rings is 2. The molecule has 5 aromatic rings. The Labute approximate surface area is 220 Å². The first-order valence-electron chi connectivity index (χ1n) is 10.9. The van der Waals surface area contributed by atoms with Crippen LogP contribution in [-0.4, -0.2) is 15.9 Å². The molecule has 5 rings (SSSR count). The summed E-state index contributed by atoms with van der Waals surface area (Å²) in [6, 6.07) is 17.3. The molecule has 0 saturated heterocycles. The van der Waals surface area contributed by atoms with E-state index in [0.717, 1.165) is 40.1 Å². The molecule has 3 heterocycles. The second-order valence-electron chi connectivity index (χ2n) is 7.93. The number of hydrogen-bond donors (Lipinski definition) is 3. The molecule has 0 spiro atoms. The van der Waals surface area contributed by atoms with Crippen LogP contribution in [0.1, 0.15) is 27.7 Å². The molecule has 1 amide bonds. The van der Waals surface area contributed by atoms with Gasteiger partial charge in [-0.25, -0.2) is 9.97 Å². The Balaban J connectivity index is 1.54. The van der Waals surface area contributed by atoms with Crippen LogP contribution in [0.3, 0.4) is 0 Å². The first-order valence-corrected chi connectivity index (χ1v) is 13.0. The molecule has 7 nitrogen and oxygen atoms in total. The SMILES string of the molecule is CCc1ccc(-c2c(C#N)c(N)nc3sc(C(=O)Nc4nc(-c5ccc(Cl)cc5)cs4)c(N)c23)cc1. The van der Waals surface area contributed by atoms with Gasteiger partial charge in [0.1, 0.15) is 27.2 Å². The van der Waals surface area contributed by atoms with E-state index in [1.807, 2.05) is 41.8 Å². The smallest absolute Gasteiger partial charge is 0.269 e. The summed E-state index contributed by atoms with van der Waals surface area (Å²) in [5, 5.41) is 16.1. The highest BCUT2D eigenvalue weighted by molar-refractivity contribution is 7.21. The van der Waals surface area contributed by atoms with Crippen LogP contribution >= 0.6 is 34.3 Å². The van der Waals surface area contributed by atoms with Gasteiger partial charge in [0.25, 0.3) is 5.91 Å². The second kappa shape index (κ2) is 9.59. The summed E-state index contributed by atoms with van der Waals surface area (Å²) in [4.78, 5) is 22.9. The molecule has 10 heteroatoms. The topological polar surface area (TPSA) is 131 Å². The molecular formula is C26H19ClN6OS2. The summed E-state index contributed by atoms with van der Waals surface area (Å²) in [6.45, 7) is 2.07. The Bertz CT molecular complexity index is 1650. The number of nitriles is 1. The van der Waals surface area contributed by atoms with E-state index in [9.17, 15) is 10.1 Å². The molecule has 36 heavy (non-hydrogen) atoms. The highest BCUT2D eigenvalue weighted by Gasteiger charge is 2.25. The zero-order valence-corrected chi connectivity index (χ0v) is 21.4. The van der Waals surface area contributed by atoms with E-state index in [0.29, 0.717) is 25.9 Å². The van der Waals surface area contributed by atoms with Gasteiger partial charge >= 0.3 is 0 Å². The quantitative estimate of drug-likeness (QED) is 0.235. The molecule has 0 unspecified atom stereocenters. The van der Waals surface area contributed by atoms with Crippen molar-refractivity contribution in [2.45, 2.75) is 13.3 Å². The number of nitrogens with one attached hydrogen (secondary N) is 1. The summed E-state index contributed by atoms with van der Waals surface area (Å²) in [7, 11) is 0. The third-order valence-corrected chi connectivity index (χ3v) is 7.85. The summed E-state index contributed by atoms with van der Waals surface area (Å²) in [5.74, 6) is -0.308. The van der Waals surface area contributed by atoms with Crippen molar-refractivity contribution in [3.63, 3.8) is 0 Å². The molecule has 178 valence electrons. The number of rotatable bonds is 5. The standard InChI is InChI=1S/C26H19ClN6OS2/c1-2-13-3-5-15(6-4-13)19-17(11-28)23(30)32-25-20(19)21(29)22(36-25)24(34)33-26-31-18(12-35-26)14-7-9-16(27)10-8-14/h3-10,12H,2,29H2,1H3,(H2,30,32)(H,31,33,34). The molecule has 0 saturated carbocycles. The van der Waals surface area contributed by atoms with Gasteiger partial charge in [0.05, 0.1) is 11.4 Å². The fraction of sp³-hybridized carbons (Fsp3) is 0.0769. The maximum atomic E-state index is 13.2. The predicted octanol–water partition coefficient (Wildman–Crippen LogP) is 6.59.